The number of aromatic nitrogens is 3. The molecule has 1 amide bonds. The van der Waals surface area contributed by atoms with Crippen LogP contribution < -0.4 is 10.7 Å². The number of fused-ring (bicyclic) bond motifs is 1. The van der Waals surface area contributed by atoms with Crippen LogP contribution in [0.1, 0.15) is 5.56 Å². The van der Waals surface area contributed by atoms with Crippen LogP contribution in [0.25, 0.3) is 22.0 Å². The van der Waals surface area contributed by atoms with E-state index in [2.05, 4.69) is 27.5 Å². The Morgan fingerprint density at radius 3 is 2.54 bits per heavy atom. The summed E-state index contributed by atoms with van der Waals surface area (Å²) >= 11 is 0. The first-order valence-corrected chi connectivity index (χ1v) is 13.3. The van der Waals surface area contributed by atoms with E-state index >= 15 is 4.39 Å². The van der Waals surface area contributed by atoms with Gasteiger partial charge < -0.3 is 15.3 Å². The first kappa shape index (κ1) is 27.6. The summed E-state index contributed by atoms with van der Waals surface area (Å²) in [5, 5.41) is 9.88. The van der Waals surface area contributed by atoms with Gasteiger partial charge in [-0.2, -0.15) is 10.2 Å². The second-order valence-corrected chi connectivity index (χ2v) is 10.7. The first-order valence-electron chi connectivity index (χ1n) is 11.7. The minimum atomic E-state index is -4.17. The van der Waals surface area contributed by atoms with E-state index in [9.17, 15) is 22.0 Å². The molecule has 0 fully saturated rings. The van der Waals surface area contributed by atoms with E-state index in [-0.39, 0.29) is 35.3 Å². The van der Waals surface area contributed by atoms with Gasteiger partial charge >= 0.3 is 0 Å². The highest BCUT2D eigenvalue weighted by Crippen LogP contribution is 2.31. The summed E-state index contributed by atoms with van der Waals surface area (Å²) in [6.45, 7) is 2.97. The average Bonchev–Trinajstić information content (AvgIpc) is 3.48. The lowest BCUT2D eigenvalue weighted by atomic mass is 10.1. The van der Waals surface area contributed by atoms with E-state index in [1.54, 1.807) is 30.2 Å². The summed E-state index contributed by atoms with van der Waals surface area (Å²) in [6, 6.07) is 6.09. The maximum absolute atomic E-state index is 15.1. The lowest BCUT2D eigenvalue weighted by Crippen LogP contribution is -2.34. The van der Waals surface area contributed by atoms with Crippen molar-refractivity contribution in [3.8, 4) is 11.1 Å². The normalized spacial score (nSPS) is 12.1. The Balaban J connectivity index is 1.65. The summed E-state index contributed by atoms with van der Waals surface area (Å²) in [7, 11) is -0.949. The predicted octanol–water partition coefficient (Wildman–Crippen LogP) is 3.16. The van der Waals surface area contributed by atoms with E-state index in [4.69, 9.17) is 0 Å². The van der Waals surface area contributed by atoms with Crippen molar-refractivity contribution < 1.29 is 26.4 Å². The lowest BCUT2D eigenvalue weighted by molar-refractivity contribution is -0.114. The summed E-state index contributed by atoms with van der Waals surface area (Å²) in [4.78, 5) is 11.8. The molecule has 0 saturated carbocycles. The van der Waals surface area contributed by atoms with Crippen LogP contribution in [0.4, 0.5) is 13.2 Å². The third kappa shape index (κ3) is 5.87. The fourth-order valence-corrected chi connectivity index (χ4v) is 5.48. The van der Waals surface area contributed by atoms with Crippen LogP contribution in [0.3, 0.4) is 0 Å². The van der Waals surface area contributed by atoms with Crippen molar-refractivity contribution in [3.05, 3.63) is 84.6 Å². The number of hydrogen-bond donors (Lipinski definition) is 2. The highest BCUT2D eigenvalue weighted by Gasteiger charge is 2.25. The van der Waals surface area contributed by atoms with Crippen LogP contribution in [0, 0.1) is 17.5 Å². The number of halogens is 3. The molecule has 2 aromatic heterocycles. The number of hydrogen-bond acceptors (Lipinski definition) is 6. The van der Waals surface area contributed by atoms with Crippen LogP contribution in [0.15, 0.2) is 71.6 Å². The molecule has 4 aromatic rings. The zero-order chi connectivity index (χ0) is 28.3. The van der Waals surface area contributed by atoms with Crippen LogP contribution in [-0.4, -0.2) is 53.7 Å². The van der Waals surface area contributed by atoms with Gasteiger partial charge in [0.2, 0.25) is 0 Å². The summed E-state index contributed by atoms with van der Waals surface area (Å²) < 4.78 is 73.4. The molecule has 0 spiro atoms. The number of amides is 1. The van der Waals surface area contributed by atoms with Crippen molar-refractivity contribution in [2.75, 3.05) is 19.3 Å². The number of nitrogens with zero attached hydrogens (tertiary/aromatic N) is 4. The van der Waals surface area contributed by atoms with Gasteiger partial charge in [-0.3, -0.25) is 9.48 Å². The van der Waals surface area contributed by atoms with Crippen molar-refractivity contribution in [1.82, 2.24) is 25.1 Å². The third-order valence-electron chi connectivity index (χ3n) is 5.94. The monoisotopic (exact) mass is 558 g/mol. The van der Waals surface area contributed by atoms with Crippen LogP contribution in [-0.2, 0) is 28.2 Å². The molecule has 9 nitrogen and oxygen atoms in total. The molecule has 0 unspecified atom stereocenters. The molecule has 13 heteroatoms. The molecule has 2 heterocycles. The molecule has 0 aliphatic carbocycles. The van der Waals surface area contributed by atoms with E-state index in [0.29, 0.717) is 17.2 Å². The molecule has 0 bridgehead atoms. The molecule has 39 heavy (non-hydrogen) atoms. The molecule has 0 radical (unpaired) electrons. The number of carbonyl (C=O) groups excluding carboxylic acids is 1. The Bertz CT molecular complexity index is 1710. The SMILES string of the molecule is C=C/C(=N\NC)C(=O)NCCS(=O)(=O)c1cn(Cc2ccc(-c3cnn(C)c3)cc2F)c2cc(F)cc(F)c12. The number of aryl methyl sites for hydroxylation is 1. The second kappa shape index (κ2) is 11.2. The van der Waals surface area contributed by atoms with Gasteiger partial charge in [0.25, 0.3) is 5.91 Å². The zero-order valence-corrected chi connectivity index (χ0v) is 21.9. The molecular formula is C26H25F3N6O3S. The van der Waals surface area contributed by atoms with E-state index in [1.165, 1.54) is 29.8 Å². The van der Waals surface area contributed by atoms with Gasteiger partial charge in [-0.1, -0.05) is 18.7 Å². The molecule has 204 valence electrons. The highest BCUT2D eigenvalue weighted by atomic mass is 32.2. The minimum absolute atomic E-state index is 0.0513. The standard InChI is InChI=1S/C26H25F3N6O3S/c1-4-22(33-30-2)26(36)31-7-8-39(37,38)24-15-35(23-11-19(27)10-21(29)25(23)24)14-17-6-5-16(9-20(17)28)18-12-32-34(3)13-18/h4-6,9-13,15,30H,1,7-8,14H2,2-3H3,(H,31,36)/b33-22+. The number of sulfone groups is 1. The molecule has 0 aliphatic rings. The van der Waals surface area contributed by atoms with Crippen LogP contribution in [0.5, 0.6) is 0 Å². The first-order chi connectivity index (χ1) is 18.5. The Morgan fingerprint density at radius 2 is 1.90 bits per heavy atom. The van der Waals surface area contributed by atoms with E-state index < -0.39 is 43.8 Å². The third-order valence-corrected chi connectivity index (χ3v) is 7.67. The fourth-order valence-electron chi connectivity index (χ4n) is 4.09. The number of rotatable bonds is 10. The van der Waals surface area contributed by atoms with Gasteiger partial charge in [0.15, 0.2) is 9.84 Å². The molecule has 4 rings (SSSR count). The Labute approximate surface area is 222 Å². The van der Waals surface area contributed by atoms with Crippen molar-refractivity contribution in [2.24, 2.45) is 12.1 Å². The maximum Gasteiger partial charge on any atom is 0.271 e. The van der Waals surface area contributed by atoms with Gasteiger partial charge in [-0.05, 0) is 23.8 Å². The number of carbonyl (C=O) groups is 1. The summed E-state index contributed by atoms with van der Waals surface area (Å²) in [5.74, 6) is -3.80. The zero-order valence-electron chi connectivity index (χ0n) is 21.1. The number of benzene rings is 2. The molecule has 0 atom stereocenters. The quantitative estimate of drug-likeness (QED) is 0.230. The lowest BCUT2D eigenvalue weighted by Gasteiger charge is -2.08. The van der Waals surface area contributed by atoms with Crippen LogP contribution >= 0.6 is 0 Å². The van der Waals surface area contributed by atoms with Gasteiger partial charge in [0, 0.05) is 50.2 Å². The Morgan fingerprint density at radius 1 is 1.13 bits per heavy atom. The number of hydrazone groups is 1. The van der Waals surface area contributed by atoms with Crippen molar-refractivity contribution in [1.29, 1.82) is 0 Å². The minimum Gasteiger partial charge on any atom is -0.350 e. The number of nitrogens with one attached hydrogen (secondary N) is 2. The summed E-state index contributed by atoms with van der Waals surface area (Å²) in [6.07, 6.45) is 5.66. The molecular weight excluding hydrogens is 533 g/mol. The maximum atomic E-state index is 15.1. The molecule has 0 aliphatic heterocycles. The van der Waals surface area contributed by atoms with Gasteiger partial charge in [0.1, 0.15) is 23.2 Å². The fraction of sp³-hybridized carbons (Fsp3) is 0.192. The van der Waals surface area contributed by atoms with Gasteiger partial charge in [-0.15, -0.1) is 0 Å². The van der Waals surface area contributed by atoms with Crippen molar-refractivity contribution in [2.45, 2.75) is 11.4 Å². The summed E-state index contributed by atoms with van der Waals surface area (Å²) in [5.41, 5.74) is 3.80. The predicted molar refractivity (Wildman–Crippen MR) is 141 cm³/mol. The largest absolute Gasteiger partial charge is 0.350 e. The van der Waals surface area contributed by atoms with Gasteiger partial charge in [0.05, 0.1) is 34.3 Å². The second-order valence-electron chi connectivity index (χ2n) is 8.61. The van der Waals surface area contributed by atoms with Crippen molar-refractivity contribution in [3.63, 3.8) is 0 Å². The van der Waals surface area contributed by atoms with E-state index in [1.807, 2.05) is 0 Å². The van der Waals surface area contributed by atoms with Crippen LogP contribution in [0.2, 0.25) is 0 Å². The molecule has 0 saturated heterocycles. The average molecular weight is 559 g/mol. The molecule has 2 N–H and O–H groups in total. The smallest absolute Gasteiger partial charge is 0.271 e. The van der Waals surface area contributed by atoms with E-state index in [0.717, 1.165) is 12.3 Å². The topological polar surface area (TPSA) is 110 Å². The highest BCUT2D eigenvalue weighted by molar-refractivity contribution is 7.91. The molecule has 2 aromatic carbocycles. The van der Waals surface area contributed by atoms with Gasteiger partial charge in [-0.25, -0.2) is 21.6 Å². The Hall–Kier alpha value is -4.39. The van der Waals surface area contributed by atoms with Crippen molar-refractivity contribution >= 4 is 32.4 Å². The Kier molecular flexibility index (Phi) is 7.90.